The maximum Gasteiger partial charge on any atom is 0.246 e. The van der Waals surface area contributed by atoms with E-state index in [1.165, 1.54) is 25.7 Å². The predicted molar refractivity (Wildman–Crippen MR) is 66.5 cm³/mol. The van der Waals surface area contributed by atoms with Crippen LogP contribution in [-0.2, 0) is 5.75 Å². The van der Waals surface area contributed by atoms with E-state index in [0.717, 1.165) is 11.0 Å². The SMILES string of the molecule is CC(O)C(N)c1nc(CSC2CCCC2)no1. The lowest BCUT2D eigenvalue weighted by molar-refractivity contribution is 0.146. The fourth-order valence-corrected chi connectivity index (χ4v) is 3.08. The number of nitrogens with two attached hydrogens (primary N) is 1. The van der Waals surface area contributed by atoms with E-state index in [9.17, 15) is 5.11 Å². The molecule has 17 heavy (non-hydrogen) atoms. The zero-order valence-corrected chi connectivity index (χ0v) is 10.8. The number of aliphatic hydroxyl groups is 1. The van der Waals surface area contributed by atoms with Gasteiger partial charge in [-0.15, -0.1) is 0 Å². The molecule has 0 spiro atoms. The molecule has 2 atom stereocenters. The van der Waals surface area contributed by atoms with E-state index in [1.807, 2.05) is 11.8 Å². The van der Waals surface area contributed by atoms with Crippen LogP contribution in [-0.4, -0.2) is 26.6 Å². The van der Waals surface area contributed by atoms with Gasteiger partial charge in [-0.2, -0.15) is 16.7 Å². The van der Waals surface area contributed by atoms with Crippen LogP contribution in [0.15, 0.2) is 4.52 Å². The summed E-state index contributed by atoms with van der Waals surface area (Å²) in [5, 5.41) is 13.9. The number of hydrogen-bond acceptors (Lipinski definition) is 6. The summed E-state index contributed by atoms with van der Waals surface area (Å²) in [6, 6.07) is -0.590. The van der Waals surface area contributed by atoms with Gasteiger partial charge in [0, 0.05) is 5.25 Å². The van der Waals surface area contributed by atoms with Crippen LogP contribution < -0.4 is 5.73 Å². The molecular formula is C11H19N3O2S. The number of aliphatic hydroxyl groups excluding tert-OH is 1. The maximum atomic E-state index is 9.33. The molecule has 1 aromatic heterocycles. The Bertz CT molecular complexity index is 350. The minimum absolute atomic E-state index is 0.321. The summed E-state index contributed by atoms with van der Waals surface area (Å²) in [5.74, 6) is 1.76. The van der Waals surface area contributed by atoms with Crippen LogP contribution in [0.2, 0.25) is 0 Å². The molecule has 1 heterocycles. The number of hydrogen-bond donors (Lipinski definition) is 2. The second-order valence-corrected chi connectivity index (χ2v) is 5.82. The standard InChI is InChI=1S/C11H19N3O2S/c1-7(15)10(12)11-13-9(14-16-11)6-17-8-4-2-3-5-8/h7-8,10,15H,2-6,12H2,1H3. The first-order valence-corrected chi connectivity index (χ1v) is 7.09. The molecule has 1 aliphatic rings. The van der Waals surface area contributed by atoms with Gasteiger partial charge in [-0.1, -0.05) is 18.0 Å². The fraction of sp³-hybridized carbons (Fsp3) is 0.818. The Hall–Kier alpha value is -0.590. The number of thioether (sulfide) groups is 1. The molecule has 0 amide bonds. The summed E-state index contributed by atoms with van der Waals surface area (Å²) in [5.41, 5.74) is 5.72. The Labute approximate surface area is 105 Å². The van der Waals surface area contributed by atoms with Crippen molar-refractivity contribution in [1.29, 1.82) is 0 Å². The zero-order chi connectivity index (χ0) is 12.3. The maximum absolute atomic E-state index is 9.33. The molecular weight excluding hydrogens is 238 g/mol. The van der Waals surface area contributed by atoms with Gasteiger partial charge in [-0.3, -0.25) is 0 Å². The molecule has 1 fully saturated rings. The molecule has 2 unspecified atom stereocenters. The van der Waals surface area contributed by atoms with Gasteiger partial charge in [0.15, 0.2) is 5.82 Å². The molecule has 3 N–H and O–H groups in total. The van der Waals surface area contributed by atoms with Crippen molar-refractivity contribution >= 4 is 11.8 Å². The second-order valence-electron chi connectivity index (χ2n) is 4.53. The van der Waals surface area contributed by atoms with E-state index in [2.05, 4.69) is 10.1 Å². The predicted octanol–water partition coefficient (Wildman–Crippen LogP) is 1.63. The van der Waals surface area contributed by atoms with Gasteiger partial charge in [0.05, 0.1) is 11.9 Å². The van der Waals surface area contributed by atoms with Crippen molar-refractivity contribution in [3.05, 3.63) is 11.7 Å². The van der Waals surface area contributed by atoms with E-state index in [0.29, 0.717) is 11.7 Å². The molecule has 2 rings (SSSR count). The minimum Gasteiger partial charge on any atom is -0.391 e. The lowest BCUT2D eigenvalue weighted by atomic mass is 10.2. The van der Waals surface area contributed by atoms with Gasteiger partial charge in [0.1, 0.15) is 6.04 Å². The van der Waals surface area contributed by atoms with E-state index in [4.69, 9.17) is 10.3 Å². The Morgan fingerprint density at radius 3 is 2.88 bits per heavy atom. The van der Waals surface area contributed by atoms with Gasteiger partial charge in [-0.05, 0) is 19.8 Å². The number of rotatable bonds is 5. The van der Waals surface area contributed by atoms with Gasteiger partial charge >= 0.3 is 0 Å². The summed E-state index contributed by atoms with van der Waals surface area (Å²) in [6.07, 6.45) is 4.58. The molecule has 5 nitrogen and oxygen atoms in total. The quantitative estimate of drug-likeness (QED) is 0.834. The third kappa shape index (κ3) is 3.43. The Morgan fingerprint density at radius 2 is 2.24 bits per heavy atom. The monoisotopic (exact) mass is 257 g/mol. The van der Waals surface area contributed by atoms with Crippen LogP contribution >= 0.6 is 11.8 Å². The van der Waals surface area contributed by atoms with Crippen molar-refractivity contribution < 1.29 is 9.63 Å². The molecule has 0 radical (unpaired) electrons. The van der Waals surface area contributed by atoms with Gasteiger partial charge in [-0.25, -0.2) is 0 Å². The first kappa shape index (κ1) is 12.9. The molecule has 0 bridgehead atoms. The molecule has 0 aromatic carbocycles. The van der Waals surface area contributed by atoms with E-state index in [-0.39, 0.29) is 0 Å². The number of nitrogens with zero attached hydrogens (tertiary/aromatic N) is 2. The highest BCUT2D eigenvalue weighted by Crippen LogP contribution is 2.31. The fourth-order valence-electron chi connectivity index (χ4n) is 1.92. The Morgan fingerprint density at radius 1 is 1.53 bits per heavy atom. The van der Waals surface area contributed by atoms with Gasteiger partial charge in [0.25, 0.3) is 0 Å². The smallest absolute Gasteiger partial charge is 0.246 e. The average molecular weight is 257 g/mol. The lowest BCUT2D eigenvalue weighted by Crippen LogP contribution is -2.23. The van der Waals surface area contributed by atoms with Crippen molar-refractivity contribution in [2.75, 3.05) is 0 Å². The zero-order valence-electron chi connectivity index (χ0n) is 10.0. The van der Waals surface area contributed by atoms with E-state index in [1.54, 1.807) is 6.92 Å². The normalized spacial score (nSPS) is 20.6. The average Bonchev–Trinajstić information content (AvgIpc) is 2.96. The van der Waals surface area contributed by atoms with Gasteiger partial charge in [0.2, 0.25) is 5.89 Å². The Balaban J connectivity index is 1.85. The highest BCUT2D eigenvalue weighted by Gasteiger charge is 2.20. The summed E-state index contributed by atoms with van der Waals surface area (Å²) in [7, 11) is 0. The largest absolute Gasteiger partial charge is 0.391 e. The van der Waals surface area contributed by atoms with Crippen molar-refractivity contribution in [1.82, 2.24) is 10.1 Å². The summed E-state index contributed by atoms with van der Waals surface area (Å²) >= 11 is 1.88. The highest BCUT2D eigenvalue weighted by molar-refractivity contribution is 7.99. The van der Waals surface area contributed by atoms with Crippen LogP contribution in [0, 0.1) is 0 Å². The van der Waals surface area contributed by atoms with Crippen molar-refractivity contribution in [2.45, 2.75) is 55.8 Å². The van der Waals surface area contributed by atoms with Crippen molar-refractivity contribution in [3.63, 3.8) is 0 Å². The van der Waals surface area contributed by atoms with Crippen LogP contribution in [0.25, 0.3) is 0 Å². The van der Waals surface area contributed by atoms with Crippen LogP contribution in [0.4, 0.5) is 0 Å². The molecule has 1 aliphatic carbocycles. The minimum atomic E-state index is -0.675. The number of aromatic nitrogens is 2. The first-order chi connectivity index (χ1) is 8.16. The molecule has 0 aliphatic heterocycles. The van der Waals surface area contributed by atoms with E-state index >= 15 is 0 Å². The van der Waals surface area contributed by atoms with Crippen LogP contribution in [0.1, 0.15) is 50.4 Å². The summed E-state index contributed by atoms with van der Waals surface area (Å²) in [6.45, 7) is 1.61. The van der Waals surface area contributed by atoms with Gasteiger partial charge < -0.3 is 15.4 Å². The summed E-state index contributed by atoms with van der Waals surface area (Å²) < 4.78 is 5.04. The highest BCUT2D eigenvalue weighted by atomic mass is 32.2. The Kier molecular flexibility index (Phi) is 4.42. The topological polar surface area (TPSA) is 85.2 Å². The molecule has 0 saturated heterocycles. The van der Waals surface area contributed by atoms with Crippen molar-refractivity contribution in [2.24, 2.45) is 5.73 Å². The molecule has 1 saturated carbocycles. The lowest BCUT2D eigenvalue weighted by Gasteiger charge is -2.08. The van der Waals surface area contributed by atoms with Crippen LogP contribution in [0.5, 0.6) is 0 Å². The van der Waals surface area contributed by atoms with Crippen LogP contribution in [0.3, 0.4) is 0 Å². The summed E-state index contributed by atoms with van der Waals surface area (Å²) in [4.78, 5) is 4.21. The molecule has 1 aromatic rings. The van der Waals surface area contributed by atoms with Crippen molar-refractivity contribution in [3.8, 4) is 0 Å². The first-order valence-electron chi connectivity index (χ1n) is 6.04. The third-order valence-corrected chi connectivity index (χ3v) is 4.41. The second kappa shape index (κ2) is 5.84. The van der Waals surface area contributed by atoms with E-state index < -0.39 is 12.1 Å². The molecule has 6 heteroatoms. The third-order valence-electron chi connectivity index (χ3n) is 3.04. The molecule has 96 valence electrons.